The summed E-state index contributed by atoms with van der Waals surface area (Å²) in [5.74, 6) is 0.963. The quantitative estimate of drug-likeness (QED) is 0.573. The number of carbonyl (C=O) groups is 2. The van der Waals surface area contributed by atoms with Crippen LogP contribution in [0.15, 0.2) is 23.3 Å². The number of nitrogens with zero attached hydrogens (tertiary/aromatic N) is 2. The van der Waals surface area contributed by atoms with Gasteiger partial charge in [-0.2, -0.15) is 5.10 Å². The van der Waals surface area contributed by atoms with Gasteiger partial charge in [0.2, 0.25) is 5.91 Å². The fraction of sp³-hybridized carbons (Fsp3) is 0.500. The van der Waals surface area contributed by atoms with Gasteiger partial charge in [-0.15, -0.1) is 0 Å². The van der Waals surface area contributed by atoms with Gasteiger partial charge in [-0.05, 0) is 36.6 Å². The summed E-state index contributed by atoms with van der Waals surface area (Å²) in [7, 11) is 1.53. The second kappa shape index (κ2) is 8.66. The number of rotatable bonds is 7. The Hall–Kier alpha value is -2.61. The normalized spacial score (nSPS) is 17.2. The number of methoxy groups -OCH3 is 1. The highest BCUT2D eigenvalue weighted by atomic mass is 16.5. The van der Waals surface area contributed by atoms with Crippen molar-refractivity contribution in [1.82, 2.24) is 10.3 Å². The number of ether oxygens (including phenoxy) is 3. The summed E-state index contributed by atoms with van der Waals surface area (Å²) >= 11 is 0. The highest BCUT2D eigenvalue weighted by Gasteiger charge is 2.29. The van der Waals surface area contributed by atoms with Gasteiger partial charge in [0.15, 0.2) is 18.1 Å². The summed E-state index contributed by atoms with van der Waals surface area (Å²) in [5, 5.41) is 3.95. The molecule has 3 rings (SSSR count). The molecular formula is C18H23N3O5. The molecular weight excluding hydrogens is 338 g/mol. The van der Waals surface area contributed by atoms with Crippen molar-refractivity contribution in [1.29, 1.82) is 0 Å². The summed E-state index contributed by atoms with van der Waals surface area (Å²) in [4.78, 5) is 25.4. The number of amides is 2. The third-order valence-electron chi connectivity index (χ3n) is 4.24. The van der Waals surface area contributed by atoms with Gasteiger partial charge in [0, 0.05) is 19.0 Å². The van der Waals surface area contributed by atoms with Crippen LogP contribution in [0.2, 0.25) is 0 Å². The molecule has 8 heteroatoms. The molecule has 0 aromatic heterocycles. The largest absolute Gasteiger partial charge is 0.493 e. The first kappa shape index (κ1) is 18.2. The van der Waals surface area contributed by atoms with Crippen molar-refractivity contribution in [2.45, 2.75) is 12.8 Å². The van der Waals surface area contributed by atoms with E-state index in [1.54, 1.807) is 29.3 Å². The number of nitrogens with one attached hydrogen (secondary N) is 1. The summed E-state index contributed by atoms with van der Waals surface area (Å²) in [6, 6.07) is 5.24. The maximum absolute atomic E-state index is 12.1. The van der Waals surface area contributed by atoms with E-state index in [1.807, 2.05) is 0 Å². The Balaban J connectivity index is 1.54. The lowest BCUT2D eigenvalue weighted by Crippen LogP contribution is -2.43. The fourth-order valence-electron chi connectivity index (χ4n) is 2.53. The van der Waals surface area contributed by atoms with Crippen molar-refractivity contribution in [3.63, 3.8) is 0 Å². The van der Waals surface area contributed by atoms with Crippen molar-refractivity contribution < 1.29 is 23.8 Å². The van der Waals surface area contributed by atoms with E-state index in [2.05, 4.69) is 10.5 Å². The van der Waals surface area contributed by atoms with Crippen LogP contribution in [0.25, 0.3) is 0 Å². The van der Waals surface area contributed by atoms with Crippen LogP contribution in [0.1, 0.15) is 18.4 Å². The van der Waals surface area contributed by atoms with Gasteiger partial charge in [-0.1, -0.05) is 0 Å². The van der Waals surface area contributed by atoms with Crippen LogP contribution in [0.4, 0.5) is 0 Å². The number of carbonyl (C=O) groups excluding carboxylic acids is 2. The molecule has 1 N–H and O–H groups in total. The molecule has 1 aromatic rings. The molecule has 2 amide bonds. The molecule has 1 aliphatic heterocycles. The van der Waals surface area contributed by atoms with Gasteiger partial charge in [0.1, 0.15) is 0 Å². The van der Waals surface area contributed by atoms with Crippen molar-refractivity contribution in [2.24, 2.45) is 11.0 Å². The molecule has 1 aromatic carbocycles. The van der Waals surface area contributed by atoms with Crippen molar-refractivity contribution in [3.8, 4) is 11.5 Å². The standard InChI is InChI=1S/C18H23N3O5/c1-24-16-10-13(11-19-20-18(23)14-3-4-14)2-5-15(16)26-12-17(22)21-6-8-25-9-7-21/h2,5,10-11,14H,3-4,6-9,12H2,1H3,(H,20,23)/b19-11+. The van der Waals surface area contributed by atoms with Crippen LogP contribution in [-0.4, -0.2) is 62.9 Å². The van der Waals surface area contributed by atoms with Gasteiger partial charge in [-0.3, -0.25) is 9.59 Å². The Bertz CT molecular complexity index is 681. The van der Waals surface area contributed by atoms with Crippen LogP contribution in [0.3, 0.4) is 0 Å². The molecule has 2 aliphatic rings. The van der Waals surface area contributed by atoms with Gasteiger partial charge in [0.05, 0.1) is 26.5 Å². The third kappa shape index (κ3) is 4.95. The van der Waals surface area contributed by atoms with E-state index >= 15 is 0 Å². The molecule has 1 saturated heterocycles. The molecule has 1 heterocycles. The Morgan fingerprint density at radius 1 is 1.31 bits per heavy atom. The third-order valence-corrected chi connectivity index (χ3v) is 4.24. The average molecular weight is 361 g/mol. The molecule has 2 fully saturated rings. The highest BCUT2D eigenvalue weighted by molar-refractivity contribution is 5.85. The zero-order chi connectivity index (χ0) is 18.4. The fourth-order valence-corrected chi connectivity index (χ4v) is 2.53. The second-order valence-electron chi connectivity index (χ2n) is 6.20. The summed E-state index contributed by atoms with van der Waals surface area (Å²) in [6.45, 7) is 2.23. The van der Waals surface area contributed by atoms with E-state index in [0.29, 0.717) is 37.8 Å². The van der Waals surface area contributed by atoms with E-state index in [1.165, 1.54) is 7.11 Å². The Morgan fingerprint density at radius 3 is 2.77 bits per heavy atom. The van der Waals surface area contributed by atoms with Gasteiger partial charge < -0.3 is 19.1 Å². The molecule has 8 nitrogen and oxygen atoms in total. The van der Waals surface area contributed by atoms with E-state index < -0.39 is 0 Å². The lowest BCUT2D eigenvalue weighted by Gasteiger charge is -2.26. The molecule has 0 atom stereocenters. The van der Waals surface area contributed by atoms with Crippen LogP contribution in [-0.2, 0) is 14.3 Å². The van der Waals surface area contributed by atoms with Crippen LogP contribution in [0, 0.1) is 5.92 Å². The first-order valence-electron chi connectivity index (χ1n) is 8.66. The molecule has 0 bridgehead atoms. The Labute approximate surface area is 152 Å². The first-order valence-corrected chi connectivity index (χ1v) is 8.66. The van der Waals surface area contributed by atoms with Gasteiger partial charge >= 0.3 is 0 Å². The number of hydrogen-bond donors (Lipinski definition) is 1. The summed E-state index contributed by atoms with van der Waals surface area (Å²) in [6.07, 6.45) is 3.42. The summed E-state index contributed by atoms with van der Waals surface area (Å²) < 4.78 is 16.2. The van der Waals surface area contributed by atoms with Crippen LogP contribution in [0.5, 0.6) is 11.5 Å². The van der Waals surface area contributed by atoms with Gasteiger partial charge in [0.25, 0.3) is 5.91 Å². The molecule has 0 radical (unpaired) electrons. The van der Waals surface area contributed by atoms with E-state index in [9.17, 15) is 9.59 Å². The SMILES string of the molecule is COc1cc(/C=N/NC(=O)C2CC2)ccc1OCC(=O)N1CCOCC1. The number of benzene rings is 1. The molecule has 0 unspecified atom stereocenters. The minimum atomic E-state index is -0.0798. The summed E-state index contributed by atoms with van der Waals surface area (Å²) in [5.41, 5.74) is 3.27. The Kier molecular flexibility index (Phi) is 6.06. The van der Waals surface area contributed by atoms with Gasteiger partial charge in [-0.25, -0.2) is 5.43 Å². The zero-order valence-corrected chi connectivity index (χ0v) is 14.8. The zero-order valence-electron chi connectivity index (χ0n) is 14.8. The minimum absolute atomic E-state index is 0.0465. The van der Waals surface area contributed by atoms with E-state index in [4.69, 9.17) is 14.2 Å². The smallest absolute Gasteiger partial charge is 0.260 e. The van der Waals surface area contributed by atoms with Crippen molar-refractivity contribution in [2.75, 3.05) is 40.0 Å². The molecule has 0 spiro atoms. The highest BCUT2D eigenvalue weighted by Crippen LogP contribution is 2.29. The monoisotopic (exact) mass is 361 g/mol. The average Bonchev–Trinajstić information content (AvgIpc) is 3.52. The number of hydrazone groups is 1. The van der Waals surface area contributed by atoms with E-state index in [-0.39, 0.29) is 24.3 Å². The lowest BCUT2D eigenvalue weighted by atomic mass is 10.2. The number of morpholine rings is 1. The topological polar surface area (TPSA) is 89.5 Å². The molecule has 26 heavy (non-hydrogen) atoms. The lowest BCUT2D eigenvalue weighted by molar-refractivity contribution is -0.137. The Morgan fingerprint density at radius 2 is 2.08 bits per heavy atom. The number of hydrogen-bond acceptors (Lipinski definition) is 6. The van der Waals surface area contributed by atoms with Crippen molar-refractivity contribution >= 4 is 18.0 Å². The molecule has 1 aliphatic carbocycles. The second-order valence-corrected chi connectivity index (χ2v) is 6.20. The van der Waals surface area contributed by atoms with Crippen molar-refractivity contribution in [3.05, 3.63) is 23.8 Å². The first-order chi connectivity index (χ1) is 12.7. The minimum Gasteiger partial charge on any atom is -0.493 e. The molecule has 140 valence electrons. The van der Waals surface area contributed by atoms with Crippen LogP contribution >= 0.6 is 0 Å². The predicted octanol–water partition coefficient (Wildman–Crippen LogP) is 0.793. The maximum atomic E-state index is 12.1. The molecule has 1 saturated carbocycles. The predicted molar refractivity (Wildman–Crippen MR) is 94.3 cm³/mol. The van der Waals surface area contributed by atoms with E-state index in [0.717, 1.165) is 18.4 Å². The maximum Gasteiger partial charge on any atom is 0.260 e. The van der Waals surface area contributed by atoms with Crippen LogP contribution < -0.4 is 14.9 Å².